The number of benzene rings is 3. The largest absolute Gasteiger partial charge is 0.280 e. The van der Waals surface area contributed by atoms with Crippen LogP contribution >= 0.6 is 11.9 Å². The third-order valence-corrected chi connectivity index (χ3v) is 4.17. The van der Waals surface area contributed by atoms with E-state index in [0.29, 0.717) is 5.56 Å². The highest BCUT2D eigenvalue weighted by atomic mass is 32.2. The second-order valence-corrected chi connectivity index (χ2v) is 5.63. The zero-order chi connectivity index (χ0) is 15.2. The van der Waals surface area contributed by atoms with E-state index >= 15 is 0 Å². The molecule has 0 radical (unpaired) electrons. The van der Waals surface area contributed by atoms with Gasteiger partial charge in [-0.1, -0.05) is 66.7 Å². The minimum Gasteiger partial charge on any atom is -0.280 e. The van der Waals surface area contributed by atoms with Gasteiger partial charge in [0.15, 0.2) is 0 Å². The van der Waals surface area contributed by atoms with Crippen LogP contribution in [-0.2, 0) is 0 Å². The van der Waals surface area contributed by atoms with Gasteiger partial charge in [-0.25, -0.2) is 0 Å². The third kappa shape index (κ3) is 3.38. The standard InChI is InChI=1S/C19H15NOS/c21-19(16-10-4-1-5-11-16)22-20(17-12-6-2-7-13-17)18-14-8-3-9-15-18/h1-15H. The van der Waals surface area contributed by atoms with Crippen molar-refractivity contribution in [2.75, 3.05) is 4.31 Å². The monoisotopic (exact) mass is 305 g/mol. The molecule has 0 unspecified atom stereocenters. The Morgan fingerprint density at radius 1 is 0.636 bits per heavy atom. The van der Waals surface area contributed by atoms with Gasteiger partial charge in [-0.2, -0.15) is 0 Å². The number of anilines is 2. The molecule has 3 heteroatoms. The highest BCUT2D eigenvalue weighted by Crippen LogP contribution is 2.33. The molecule has 0 N–H and O–H groups in total. The first-order chi connectivity index (χ1) is 10.8. The molecule has 0 fully saturated rings. The van der Waals surface area contributed by atoms with E-state index in [0.717, 1.165) is 11.4 Å². The van der Waals surface area contributed by atoms with Gasteiger partial charge in [-0.05, 0) is 24.3 Å². The van der Waals surface area contributed by atoms with Crippen molar-refractivity contribution in [2.24, 2.45) is 0 Å². The molecule has 0 saturated heterocycles. The van der Waals surface area contributed by atoms with E-state index in [1.165, 1.54) is 11.9 Å². The fourth-order valence-electron chi connectivity index (χ4n) is 2.09. The molecule has 0 aliphatic heterocycles. The summed E-state index contributed by atoms with van der Waals surface area (Å²) >= 11 is 1.20. The molecule has 0 spiro atoms. The van der Waals surface area contributed by atoms with Crippen molar-refractivity contribution in [3.63, 3.8) is 0 Å². The van der Waals surface area contributed by atoms with E-state index in [4.69, 9.17) is 0 Å². The number of hydrogen-bond acceptors (Lipinski definition) is 3. The van der Waals surface area contributed by atoms with Gasteiger partial charge in [-0.15, -0.1) is 0 Å². The summed E-state index contributed by atoms with van der Waals surface area (Å²) in [6.45, 7) is 0. The highest BCUT2D eigenvalue weighted by molar-refractivity contribution is 8.15. The first-order valence-electron chi connectivity index (χ1n) is 7.02. The molecule has 22 heavy (non-hydrogen) atoms. The minimum atomic E-state index is 0.0216. The van der Waals surface area contributed by atoms with Gasteiger partial charge >= 0.3 is 0 Å². The van der Waals surface area contributed by atoms with Crippen molar-refractivity contribution in [2.45, 2.75) is 0 Å². The molecule has 0 amide bonds. The fraction of sp³-hybridized carbons (Fsp3) is 0. The predicted molar refractivity (Wildman–Crippen MR) is 93.4 cm³/mol. The molecule has 0 saturated carbocycles. The topological polar surface area (TPSA) is 20.3 Å². The number of nitrogens with zero attached hydrogens (tertiary/aromatic N) is 1. The molecular formula is C19H15NOS. The number of para-hydroxylation sites is 2. The van der Waals surface area contributed by atoms with E-state index in [9.17, 15) is 4.79 Å². The van der Waals surface area contributed by atoms with Crippen LogP contribution in [0.5, 0.6) is 0 Å². The van der Waals surface area contributed by atoms with Crippen LogP contribution < -0.4 is 4.31 Å². The van der Waals surface area contributed by atoms with Crippen LogP contribution in [0.2, 0.25) is 0 Å². The van der Waals surface area contributed by atoms with E-state index in [-0.39, 0.29) is 5.12 Å². The van der Waals surface area contributed by atoms with Crippen molar-refractivity contribution >= 4 is 28.4 Å². The van der Waals surface area contributed by atoms with Gasteiger partial charge in [0.05, 0.1) is 11.4 Å². The molecule has 0 aliphatic carbocycles. The van der Waals surface area contributed by atoms with E-state index < -0.39 is 0 Å². The summed E-state index contributed by atoms with van der Waals surface area (Å²) in [5.41, 5.74) is 2.65. The van der Waals surface area contributed by atoms with E-state index in [1.807, 2.05) is 95.3 Å². The summed E-state index contributed by atoms with van der Waals surface area (Å²) in [7, 11) is 0. The zero-order valence-electron chi connectivity index (χ0n) is 11.9. The Labute approximate surface area is 134 Å². The van der Waals surface area contributed by atoms with Gasteiger partial charge in [-0.3, -0.25) is 9.10 Å². The van der Waals surface area contributed by atoms with Gasteiger partial charge in [0.2, 0.25) is 5.12 Å². The van der Waals surface area contributed by atoms with Gasteiger partial charge in [0.25, 0.3) is 0 Å². The average Bonchev–Trinajstić information content (AvgIpc) is 2.62. The molecule has 3 aromatic carbocycles. The second kappa shape index (κ2) is 6.96. The average molecular weight is 305 g/mol. The number of carbonyl (C=O) groups is 1. The summed E-state index contributed by atoms with van der Waals surface area (Å²) in [6, 6.07) is 29.2. The molecule has 0 atom stereocenters. The Balaban J connectivity index is 1.91. The van der Waals surface area contributed by atoms with E-state index in [1.54, 1.807) is 0 Å². The number of rotatable bonds is 4. The Kier molecular flexibility index (Phi) is 4.56. The minimum absolute atomic E-state index is 0.0216. The first kappa shape index (κ1) is 14.4. The molecule has 0 aliphatic rings. The summed E-state index contributed by atoms with van der Waals surface area (Å²) in [5.74, 6) is 0. The molecule has 0 heterocycles. The van der Waals surface area contributed by atoms with Crippen LogP contribution in [0.15, 0.2) is 91.0 Å². The Bertz CT molecular complexity index is 690. The van der Waals surface area contributed by atoms with Crippen LogP contribution in [0.3, 0.4) is 0 Å². The molecule has 0 bridgehead atoms. The lowest BCUT2D eigenvalue weighted by Crippen LogP contribution is -2.11. The van der Waals surface area contributed by atoms with Crippen molar-refractivity contribution < 1.29 is 4.79 Å². The van der Waals surface area contributed by atoms with E-state index in [2.05, 4.69) is 0 Å². The van der Waals surface area contributed by atoms with Crippen LogP contribution in [0.25, 0.3) is 0 Å². The molecule has 108 valence electrons. The molecule has 0 aromatic heterocycles. The zero-order valence-corrected chi connectivity index (χ0v) is 12.7. The number of carbonyl (C=O) groups excluding carboxylic acids is 1. The van der Waals surface area contributed by atoms with Crippen molar-refractivity contribution in [1.82, 2.24) is 0 Å². The lowest BCUT2D eigenvalue weighted by molar-refractivity contribution is 0.108. The number of hydrogen-bond donors (Lipinski definition) is 0. The molecule has 3 rings (SSSR count). The maximum atomic E-state index is 12.5. The third-order valence-electron chi connectivity index (χ3n) is 3.17. The van der Waals surface area contributed by atoms with Gasteiger partial charge < -0.3 is 0 Å². The summed E-state index contributed by atoms with van der Waals surface area (Å²) in [6.07, 6.45) is 0. The Morgan fingerprint density at radius 3 is 1.50 bits per heavy atom. The van der Waals surface area contributed by atoms with Crippen LogP contribution in [0.1, 0.15) is 10.4 Å². The SMILES string of the molecule is O=C(SN(c1ccccc1)c1ccccc1)c1ccccc1. The maximum Gasteiger partial charge on any atom is 0.240 e. The van der Waals surface area contributed by atoms with Crippen LogP contribution in [-0.4, -0.2) is 5.12 Å². The quantitative estimate of drug-likeness (QED) is 0.609. The van der Waals surface area contributed by atoms with Crippen LogP contribution in [0, 0.1) is 0 Å². The fourth-order valence-corrected chi connectivity index (χ4v) is 2.95. The highest BCUT2D eigenvalue weighted by Gasteiger charge is 2.16. The van der Waals surface area contributed by atoms with Gasteiger partial charge in [0, 0.05) is 17.5 Å². The smallest absolute Gasteiger partial charge is 0.240 e. The predicted octanol–water partition coefficient (Wildman–Crippen LogP) is 5.31. The van der Waals surface area contributed by atoms with Gasteiger partial charge in [0.1, 0.15) is 0 Å². The van der Waals surface area contributed by atoms with Crippen molar-refractivity contribution in [3.8, 4) is 0 Å². The second-order valence-electron chi connectivity index (χ2n) is 4.71. The summed E-state index contributed by atoms with van der Waals surface area (Å²) in [5, 5.41) is 0.0216. The Hall–Kier alpha value is -2.52. The molecular weight excluding hydrogens is 290 g/mol. The lowest BCUT2D eigenvalue weighted by Gasteiger charge is -2.22. The Morgan fingerprint density at radius 2 is 1.05 bits per heavy atom. The summed E-state index contributed by atoms with van der Waals surface area (Å²) < 4.78 is 1.95. The van der Waals surface area contributed by atoms with Crippen molar-refractivity contribution in [1.29, 1.82) is 0 Å². The lowest BCUT2D eigenvalue weighted by atomic mass is 10.2. The van der Waals surface area contributed by atoms with Crippen molar-refractivity contribution in [3.05, 3.63) is 96.6 Å². The summed E-state index contributed by atoms with van der Waals surface area (Å²) in [4.78, 5) is 12.5. The molecule has 2 nitrogen and oxygen atoms in total. The molecule has 3 aromatic rings. The van der Waals surface area contributed by atoms with Crippen LogP contribution in [0.4, 0.5) is 11.4 Å². The first-order valence-corrected chi connectivity index (χ1v) is 7.79. The normalized spacial score (nSPS) is 10.2. The maximum absolute atomic E-state index is 12.5.